The van der Waals surface area contributed by atoms with E-state index >= 15 is 0 Å². The van der Waals surface area contributed by atoms with Gasteiger partial charge in [-0.05, 0) is 36.2 Å². The van der Waals surface area contributed by atoms with E-state index in [1.165, 1.54) is 18.4 Å². The number of amides is 1. The summed E-state index contributed by atoms with van der Waals surface area (Å²) in [6, 6.07) is 7.49. The van der Waals surface area contributed by atoms with Crippen molar-refractivity contribution in [3.8, 4) is 5.88 Å². The lowest BCUT2D eigenvalue weighted by Gasteiger charge is -2.19. The van der Waals surface area contributed by atoms with Gasteiger partial charge in [0.05, 0.1) is 23.9 Å². The first-order valence-electron chi connectivity index (χ1n) is 8.81. The molecule has 1 aromatic carbocycles. The highest BCUT2D eigenvalue weighted by molar-refractivity contribution is 7.22. The molecule has 3 aromatic heterocycles. The molecule has 0 spiro atoms. The highest BCUT2D eigenvalue weighted by Crippen LogP contribution is 2.35. The molecular formula is C20H18ClN5O2S. The van der Waals surface area contributed by atoms with Crippen LogP contribution in [0.2, 0.25) is 5.02 Å². The summed E-state index contributed by atoms with van der Waals surface area (Å²) in [5, 5.41) is 5.42. The van der Waals surface area contributed by atoms with E-state index in [1.54, 1.807) is 35.2 Å². The van der Waals surface area contributed by atoms with Crippen LogP contribution in [0, 0.1) is 6.92 Å². The molecule has 0 saturated heterocycles. The van der Waals surface area contributed by atoms with Crippen molar-refractivity contribution in [3.63, 3.8) is 0 Å². The number of anilines is 1. The number of methoxy groups -OCH3 is 1. The molecule has 0 unspecified atom stereocenters. The first kappa shape index (κ1) is 19.4. The lowest BCUT2D eigenvalue weighted by atomic mass is 10.2. The zero-order valence-electron chi connectivity index (χ0n) is 16.1. The fraction of sp³-hybridized carbons (Fsp3) is 0.200. The normalized spacial score (nSPS) is 11.0. The monoisotopic (exact) mass is 427 g/mol. The fourth-order valence-corrected chi connectivity index (χ4v) is 4.49. The van der Waals surface area contributed by atoms with Gasteiger partial charge in [-0.2, -0.15) is 0 Å². The van der Waals surface area contributed by atoms with Crippen molar-refractivity contribution in [2.75, 3.05) is 12.0 Å². The summed E-state index contributed by atoms with van der Waals surface area (Å²) in [6.45, 7) is 2.27. The number of ether oxygens (including phenoxy) is 1. The number of hydrogen-bond donors (Lipinski definition) is 0. The second-order valence-electron chi connectivity index (χ2n) is 6.54. The van der Waals surface area contributed by atoms with Gasteiger partial charge in [0.25, 0.3) is 5.91 Å². The topological polar surface area (TPSA) is 73.1 Å². The van der Waals surface area contributed by atoms with E-state index in [0.717, 1.165) is 21.3 Å². The van der Waals surface area contributed by atoms with Crippen LogP contribution >= 0.6 is 22.9 Å². The average molecular weight is 428 g/mol. The van der Waals surface area contributed by atoms with Gasteiger partial charge < -0.3 is 4.74 Å². The first-order chi connectivity index (χ1) is 14.0. The fourth-order valence-electron chi connectivity index (χ4n) is 3.07. The van der Waals surface area contributed by atoms with Crippen LogP contribution < -0.4 is 9.64 Å². The number of aryl methyl sites for hydroxylation is 2. The number of thiazole rings is 1. The van der Waals surface area contributed by atoms with Crippen LogP contribution in [0.1, 0.15) is 21.5 Å². The molecule has 0 aliphatic rings. The van der Waals surface area contributed by atoms with Crippen molar-refractivity contribution in [2.24, 2.45) is 7.05 Å². The molecule has 0 aliphatic heterocycles. The molecule has 0 atom stereocenters. The van der Waals surface area contributed by atoms with Crippen molar-refractivity contribution in [1.29, 1.82) is 0 Å². The van der Waals surface area contributed by atoms with Crippen molar-refractivity contribution in [3.05, 3.63) is 64.6 Å². The Bertz CT molecular complexity index is 1190. The van der Waals surface area contributed by atoms with E-state index in [2.05, 4.69) is 10.1 Å². The molecule has 148 valence electrons. The highest BCUT2D eigenvalue weighted by Gasteiger charge is 2.27. The maximum Gasteiger partial charge on any atom is 0.267 e. The molecule has 9 heteroatoms. The molecule has 3 heterocycles. The summed E-state index contributed by atoms with van der Waals surface area (Å²) >= 11 is 7.62. The Morgan fingerprint density at radius 3 is 2.93 bits per heavy atom. The summed E-state index contributed by atoms with van der Waals surface area (Å²) in [5.41, 5.74) is 3.05. The lowest BCUT2D eigenvalue weighted by Crippen LogP contribution is -2.30. The molecular weight excluding hydrogens is 410 g/mol. The number of aromatic nitrogens is 4. The first-order valence-corrected chi connectivity index (χ1v) is 10.0. The molecule has 4 aromatic rings. The third-order valence-corrected chi connectivity index (χ3v) is 5.64. The molecule has 7 nitrogen and oxygen atoms in total. The summed E-state index contributed by atoms with van der Waals surface area (Å²) in [4.78, 5) is 24.0. The number of carbonyl (C=O) groups excluding carboxylic acids is 1. The molecule has 0 bridgehead atoms. The van der Waals surface area contributed by atoms with Gasteiger partial charge in [-0.25, -0.2) is 4.98 Å². The SMILES string of the molecule is COc1nn(C)cc1C(=O)N(Cc1cccnc1)c1nc2c(C)cc(Cl)cc2s1. The zero-order valence-corrected chi connectivity index (χ0v) is 17.7. The number of fused-ring (bicyclic) bond motifs is 1. The highest BCUT2D eigenvalue weighted by atomic mass is 35.5. The molecule has 0 radical (unpaired) electrons. The summed E-state index contributed by atoms with van der Waals surface area (Å²) in [6.07, 6.45) is 5.08. The predicted octanol–water partition coefficient (Wildman–Crippen LogP) is 4.24. The van der Waals surface area contributed by atoms with E-state index in [9.17, 15) is 4.79 Å². The van der Waals surface area contributed by atoms with E-state index in [0.29, 0.717) is 22.3 Å². The van der Waals surface area contributed by atoms with Crippen molar-refractivity contribution >= 4 is 44.2 Å². The Morgan fingerprint density at radius 2 is 2.21 bits per heavy atom. The Morgan fingerprint density at radius 1 is 1.38 bits per heavy atom. The van der Waals surface area contributed by atoms with Gasteiger partial charge >= 0.3 is 0 Å². The second-order valence-corrected chi connectivity index (χ2v) is 7.99. The van der Waals surface area contributed by atoms with Crippen molar-refractivity contribution in [2.45, 2.75) is 13.5 Å². The number of rotatable bonds is 5. The Hall–Kier alpha value is -2.97. The predicted molar refractivity (Wildman–Crippen MR) is 114 cm³/mol. The maximum atomic E-state index is 13.5. The number of nitrogens with zero attached hydrogens (tertiary/aromatic N) is 5. The van der Waals surface area contributed by atoms with Crippen LogP contribution in [0.25, 0.3) is 10.2 Å². The Labute approximate surface area is 176 Å². The maximum absolute atomic E-state index is 13.5. The molecule has 0 N–H and O–H groups in total. The van der Waals surface area contributed by atoms with Gasteiger partial charge in [-0.1, -0.05) is 29.0 Å². The van der Waals surface area contributed by atoms with Gasteiger partial charge in [0.1, 0.15) is 5.56 Å². The van der Waals surface area contributed by atoms with Gasteiger partial charge in [0.2, 0.25) is 5.88 Å². The summed E-state index contributed by atoms with van der Waals surface area (Å²) in [5.74, 6) is 0.0237. The van der Waals surface area contributed by atoms with Crippen LogP contribution in [0.15, 0.2) is 42.9 Å². The van der Waals surface area contributed by atoms with Gasteiger partial charge in [0.15, 0.2) is 5.13 Å². The molecule has 29 heavy (non-hydrogen) atoms. The van der Waals surface area contributed by atoms with Crippen LogP contribution in [0.4, 0.5) is 5.13 Å². The molecule has 0 fully saturated rings. The smallest absolute Gasteiger partial charge is 0.267 e. The van der Waals surface area contributed by atoms with Crippen LogP contribution in [0.3, 0.4) is 0 Å². The third kappa shape index (κ3) is 3.81. The minimum Gasteiger partial charge on any atom is -0.479 e. The minimum atomic E-state index is -0.249. The quantitative estimate of drug-likeness (QED) is 0.476. The lowest BCUT2D eigenvalue weighted by molar-refractivity contribution is 0.0982. The van der Waals surface area contributed by atoms with Crippen LogP contribution in [-0.4, -0.2) is 32.8 Å². The van der Waals surface area contributed by atoms with Crippen molar-refractivity contribution < 1.29 is 9.53 Å². The number of halogens is 1. The molecule has 0 aliphatic carbocycles. The summed E-state index contributed by atoms with van der Waals surface area (Å²) in [7, 11) is 3.24. The van der Waals surface area contributed by atoms with E-state index in [-0.39, 0.29) is 11.8 Å². The summed E-state index contributed by atoms with van der Waals surface area (Å²) < 4.78 is 7.77. The van der Waals surface area contributed by atoms with E-state index < -0.39 is 0 Å². The third-order valence-electron chi connectivity index (χ3n) is 4.40. The largest absolute Gasteiger partial charge is 0.479 e. The van der Waals surface area contributed by atoms with E-state index in [1.807, 2.05) is 31.2 Å². The zero-order chi connectivity index (χ0) is 20.5. The van der Waals surface area contributed by atoms with Gasteiger partial charge in [0, 0.05) is 30.7 Å². The second kappa shape index (κ2) is 7.81. The molecule has 0 saturated carbocycles. The van der Waals surface area contributed by atoms with Gasteiger partial charge in [-0.15, -0.1) is 5.10 Å². The standard InChI is InChI=1S/C20H18ClN5O2S/c1-12-7-14(21)8-16-17(12)23-20(29-16)26(10-13-5-4-6-22-9-13)19(27)15-11-25(2)24-18(15)28-3/h4-9,11H,10H2,1-3H3. The molecule has 4 rings (SSSR count). The van der Waals surface area contributed by atoms with Crippen molar-refractivity contribution in [1.82, 2.24) is 19.7 Å². The average Bonchev–Trinajstić information content (AvgIpc) is 3.29. The van der Waals surface area contributed by atoms with Gasteiger partial charge in [-0.3, -0.25) is 19.4 Å². The number of hydrogen-bond acceptors (Lipinski definition) is 6. The minimum absolute atomic E-state index is 0.249. The van der Waals surface area contributed by atoms with E-state index in [4.69, 9.17) is 21.3 Å². The van der Waals surface area contributed by atoms with Crippen LogP contribution in [-0.2, 0) is 13.6 Å². The number of pyridine rings is 1. The number of benzene rings is 1. The molecule has 1 amide bonds. The van der Waals surface area contributed by atoms with Crippen LogP contribution in [0.5, 0.6) is 5.88 Å². The number of carbonyl (C=O) groups is 1. The Balaban J connectivity index is 1.82. The Kier molecular flexibility index (Phi) is 5.21.